The van der Waals surface area contributed by atoms with Gasteiger partial charge in [0.25, 0.3) is 0 Å². The molecule has 5 atom stereocenters. The minimum atomic E-state index is -0.943. The van der Waals surface area contributed by atoms with Gasteiger partial charge in [0.05, 0.1) is 19.7 Å². The maximum Gasteiger partial charge on any atom is 0.308 e. The predicted octanol–water partition coefficient (Wildman–Crippen LogP) is 3.65. The maximum absolute atomic E-state index is 13.8. The molecule has 4 rings (SSSR count). The van der Waals surface area contributed by atoms with Crippen LogP contribution in [0.3, 0.4) is 0 Å². The summed E-state index contributed by atoms with van der Waals surface area (Å²) >= 11 is 1.41. The van der Waals surface area contributed by atoms with Gasteiger partial charge in [0.2, 0.25) is 0 Å². The number of hydrogen-bond donors (Lipinski definition) is 0. The first-order chi connectivity index (χ1) is 17.4. The van der Waals surface area contributed by atoms with Crippen molar-refractivity contribution in [3.05, 3.63) is 66.6 Å². The number of aromatic nitrogens is 3. The molecule has 0 radical (unpaired) electrons. The SMILES string of the molecule is COC(=O)C[C@H]1O[C@@H](Sc2ccccc2)[C@H](OC)[C@@H](n2cc(-c3cccc(F)c3)nn2)[C@H]1OC(C)=O. The molecule has 0 aliphatic carbocycles. The Kier molecular flexibility index (Phi) is 8.34. The summed E-state index contributed by atoms with van der Waals surface area (Å²) in [6.45, 7) is 1.28. The summed E-state index contributed by atoms with van der Waals surface area (Å²) in [5.41, 5.74) is 0.368. The molecule has 1 saturated heterocycles. The summed E-state index contributed by atoms with van der Waals surface area (Å²) in [6, 6.07) is 14.9. The van der Waals surface area contributed by atoms with E-state index in [-0.39, 0.29) is 6.42 Å². The molecule has 1 aromatic heterocycles. The molecule has 1 aliphatic rings. The van der Waals surface area contributed by atoms with E-state index in [1.165, 1.54) is 49.7 Å². The molecule has 2 aromatic carbocycles. The Balaban J connectivity index is 1.75. The maximum atomic E-state index is 13.8. The zero-order valence-corrected chi connectivity index (χ0v) is 20.8. The highest BCUT2D eigenvalue weighted by molar-refractivity contribution is 7.99. The number of thioether (sulfide) groups is 1. The van der Waals surface area contributed by atoms with Crippen molar-refractivity contribution in [1.82, 2.24) is 15.0 Å². The minimum absolute atomic E-state index is 0.154. The lowest BCUT2D eigenvalue weighted by Gasteiger charge is -2.44. The summed E-state index contributed by atoms with van der Waals surface area (Å²) in [4.78, 5) is 25.3. The normalized spacial score (nSPS) is 23.7. The van der Waals surface area contributed by atoms with E-state index < -0.39 is 47.5 Å². The van der Waals surface area contributed by atoms with Crippen molar-refractivity contribution in [3.8, 4) is 11.3 Å². The molecule has 36 heavy (non-hydrogen) atoms. The number of esters is 2. The van der Waals surface area contributed by atoms with Crippen LogP contribution in [0, 0.1) is 5.82 Å². The van der Waals surface area contributed by atoms with Crippen LogP contribution in [0.1, 0.15) is 19.4 Å². The van der Waals surface area contributed by atoms with Gasteiger partial charge in [-0.05, 0) is 24.3 Å². The number of nitrogens with zero attached hydrogens (tertiary/aromatic N) is 3. The molecular formula is C25H26FN3O6S. The Labute approximate surface area is 211 Å². The van der Waals surface area contributed by atoms with E-state index in [0.717, 1.165) is 4.90 Å². The smallest absolute Gasteiger partial charge is 0.308 e. The minimum Gasteiger partial charge on any atom is -0.469 e. The lowest BCUT2D eigenvalue weighted by Crippen LogP contribution is -2.56. The summed E-state index contributed by atoms with van der Waals surface area (Å²) in [7, 11) is 2.80. The van der Waals surface area contributed by atoms with Crippen LogP contribution in [-0.4, -0.2) is 64.9 Å². The molecule has 0 N–H and O–H groups in total. The first kappa shape index (κ1) is 25.8. The van der Waals surface area contributed by atoms with Crippen molar-refractivity contribution in [2.45, 2.75) is 48.0 Å². The van der Waals surface area contributed by atoms with Crippen LogP contribution < -0.4 is 0 Å². The second-order valence-corrected chi connectivity index (χ2v) is 9.28. The van der Waals surface area contributed by atoms with Crippen LogP contribution in [0.25, 0.3) is 11.3 Å². The van der Waals surface area contributed by atoms with Crippen molar-refractivity contribution < 1.29 is 32.9 Å². The fraction of sp³-hybridized carbons (Fsp3) is 0.360. The van der Waals surface area contributed by atoms with Crippen LogP contribution in [0.2, 0.25) is 0 Å². The number of carbonyl (C=O) groups is 2. The average molecular weight is 516 g/mol. The Morgan fingerprint density at radius 3 is 2.56 bits per heavy atom. The highest BCUT2D eigenvalue weighted by atomic mass is 32.2. The lowest BCUT2D eigenvalue weighted by atomic mass is 9.94. The van der Waals surface area contributed by atoms with Gasteiger partial charge in [-0.15, -0.1) is 5.10 Å². The van der Waals surface area contributed by atoms with Gasteiger partial charge in [-0.2, -0.15) is 0 Å². The van der Waals surface area contributed by atoms with Gasteiger partial charge in [0, 0.05) is 24.5 Å². The quantitative estimate of drug-likeness (QED) is 0.416. The highest BCUT2D eigenvalue weighted by Crippen LogP contribution is 2.41. The molecule has 1 fully saturated rings. The predicted molar refractivity (Wildman–Crippen MR) is 128 cm³/mol. The molecule has 0 unspecified atom stereocenters. The molecule has 2 heterocycles. The van der Waals surface area contributed by atoms with Crippen molar-refractivity contribution in [2.75, 3.05) is 14.2 Å². The standard InChI is InChI=1S/C25H26FN3O6S/c1-15(30)34-23-20(13-21(31)32-2)35-25(36-18-10-5-4-6-11-18)24(33-3)22(23)29-14-19(27-28-29)16-8-7-9-17(26)12-16/h4-12,14,20,22-25H,13H2,1-3H3/t20-,22+,23+,24-,25+/m1/s1. The van der Waals surface area contributed by atoms with E-state index in [9.17, 15) is 14.0 Å². The molecule has 190 valence electrons. The number of carbonyl (C=O) groups excluding carboxylic acids is 2. The van der Waals surface area contributed by atoms with Crippen molar-refractivity contribution in [1.29, 1.82) is 0 Å². The number of methoxy groups -OCH3 is 2. The van der Waals surface area contributed by atoms with E-state index in [0.29, 0.717) is 11.3 Å². The topological polar surface area (TPSA) is 102 Å². The third kappa shape index (κ3) is 5.92. The molecule has 0 amide bonds. The Morgan fingerprint density at radius 1 is 1.11 bits per heavy atom. The van der Waals surface area contributed by atoms with Crippen molar-refractivity contribution >= 4 is 23.7 Å². The largest absolute Gasteiger partial charge is 0.469 e. The molecule has 0 spiro atoms. The van der Waals surface area contributed by atoms with Gasteiger partial charge < -0.3 is 18.9 Å². The van der Waals surface area contributed by atoms with Crippen LogP contribution in [0.15, 0.2) is 65.7 Å². The monoisotopic (exact) mass is 515 g/mol. The van der Waals surface area contributed by atoms with Gasteiger partial charge >= 0.3 is 11.9 Å². The average Bonchev–Trinajstić information content (AvgIpc) is 3.35. The van der Waals surface area contributed by atoms with Crippen LogP contribution in [0.4, 0.5) is 4.39 Å². The fourth-order valence-corrected chi connectivity index (χ4v) is 5.31. The summed E-state index contributed by atoms with van der Waals surface area (Å²) in [6.07, 6.45) is -0.969. The molecular weight excluding hydrogens is 489 g/mol. The Morgan fingerprint density at radius 2 is 1.89 bits per heavy atom. The number of ether oxygens (including phenoxy) is 4. The molecule has 1 aliphatic heterocycles. The second-order valence-electron chi connectivity index (χ2n) is 8.11. The van der Waals surface area contributed by atoms with E-state index >= 15 is 0 Å². The number of rotatable bonds is 8. The zero-order valence-electron chi connectivity index (χ0n) is 19.9. The first-order valence-electron chi connectivity index (χ1n) is 11.2. The van der Waals surface area contributed by atoms with Gasteiger partial charge in [0.1, 0.15) is 35.2 Å². The highest BCUT2D eigenvalue weighted by Gasteiger charge is 2.50. The molecule has 11 heteroatoms. The van der Waals surface area contributed by atoms with Crippen LogP contribution >= 0.6 is 11.8 Å². The van der Waals surface area contributed by atoms with Gasteiger partial charge in [-0.25, -0.2) is 9.07 Å². The lowest BCUT2D eigenvalue weighted by molar-refractivity contribution is -0.202. The van der Waals surface area contributed by atoms with E-state index in [4.69, 9.17) is 18.9 Å². The van der Waals surface area contributed by atoms with E-state index in [1.54, 1.807) is 18.3 Å². The Hall–Kier alpha value is -3.28. The molecule has 9 nitrogen and oxygen atoms in total. The van der Waals surface area contributed by atoms with E-state index in [1.807, 2.05) is 30.3 Å². The van der Waals surface area contributed by atoms with Crippen LogP contribution in [0.5, 0.6) is 0 Å². The summed E-state index contributed by atoms with van der Waals surface area (Å²) in [5, 5.41) is 8.48. The number of benzene rings is 2. The number of hydrogen-bond acceptors (Lipinski definition) is 9. The van der Waals surface area contributed by atoms with Crippen LogP contribution in [-0.2, 0) is 28.5 Å². The molecule has 3 aromatic rings. The second kappa shape index (κ2) is 11.6. The third-order valence-electron chi connectivity index (χ3n) is 5.72. The summed E-state index contributed by atoms with van der Waals surface area (Å²) in [5.74, 6) is -1.48. The molecule has 0 saturated carbocycles. The zero-order chi connectivity index (χ0) is 25.7. The van der Waals surface area contributed by atoms with E-state index in [2.05, 4.69) is 10.3 Å². The van der Waals surface area contributed by atoms with Gasteiger partial charge in [0.15, 0.2) is 6.10 Å². The summed E-state index contributed by atoms with van der Waals surface area (Å²) < 4.78 is 38.0. The Bertz CT molecular complexity index is 1190. The molecule has 0 bridgehead atoms. The van der Waals surface area contributed by atoms with Crippen molar-refractivity contribution in [2.24, 2.45) is 0 Å². The first-order valence-corrected chi connectivity index (χ1v) is 12.1. The fourth-order valence-electron chi connectivity index (χ4n) is 4.13. The van der Waals surface area contributed by atoms with Crippen molar-refractivity contribution in [3.63, 3.8) is 0 Å². The van der Waals surface area contributed by atoms with Gasteiger partial charge in [-0.1, -0.05) is 47.3 Å². The number of halogens is 1. The van der Waals surface area contributed by atoms with Gasteiger partial charge in [-0.3, -0.25) is 9.59 Å². The third-order valence-corrected chi connectivity index (χ3v) is 6.87.